The number of ether oxygens (including phenoxy) is 1. The van der Waals surface area contributed by atoms with Crippen LogP contribution in [0, 0.1) is 0 Å². The van der Waals surface area contributed by atoms with Gasteiger partial charge in [-0.05, 0) is 30.2 Å². The number of aromatic nitrogens is 1. The number of hydrogen-bond donors (Lipinski definition) is 1. The Bertz CT molecular complexity index is 685. The van der Waals surface area contributed by atoms with Gasteiger partial charge in [-0.2, -0.15) is 0 Å². The fourth-order valence-electron chi connectivity index (χ4n) is 3.21. The molecule has 138 valence electrons. The molecule has 26 heavy (non-hydrogen) atoms. The van der Waals surface area contributed by atoms with Crippen LogP contribution in [0.3, 0.4) is 0 Å². The Hall–Kier alpha value is -2.37. The second-order valence-corrected chi connectivity index (χ2v) is 6.54. The highest BCUT2D eigenvalue weighted by molar-refractivity contribution is 5.38. The number of pyridine rings is 1. The Morgan fingerprint density at radius 1 is 1.12 bits per heavy atom. The molecule has 0 amide bonds. The van der Waals surface area contributed by atoms with E-state index < -0.39 is 6.10 Å². The summed E-state index contributed by atoms with van der Waals surface area (Å²) in [7, 11) is 0. The first-order chi connectivity index (χ1) is 12.8. The first-order valence-electron chi connectivity index (χ1n) is 9.14. The van der Waals surface area contributed by atoms with Crippen LogP contribution < -0.4 is 9.64 Å². The molecular formula is C21H27N3O2. The molecule has 5 heteroatoms. The van der Waals surface area contributed by atoms with Crippen LogP contribution in [0.25, 0.3) is 0 Å². The number of benzene rings is 1. The summed E-state index contributed by atoms with van der Waals surface area (Å²) in [6, 6.07) is 13.9. The van der Waals surface area contributed by atoms with Crippen LogP contribution >= 0.6 is 0 Å². The van der Waals surface area contributed by atoms with Gasteiger partial charge in [0.15, 0.2) is 0 Å². The minimum absolute atomic E-state index is 0.300. The standard InChI is InChI=1S/C21H27N3O2/c1-2-7-18-8-3-4-9-20(18)26-17-19(25)16-23-12-14-24(15-13-23)21-10-5-6-11-22-21/h2-6,8-11,19,25H,1,7,12-17H2. The zero-order valence-corrected chi connectivity index (χ0v) is 15.1. The van der Waals surface area contributed by atoms with Crippen LogP contribution in [-0.4, -0.2) is 60.4 Å². The lowest BCUT2D eigenvalue weighted by Crippen LogP contribution is -2.49. The van der Waals surface area contributed by atoms with Crippen LogP contribution in [0.5, 0.6) is 5.75 Å². The molecule has 0 saturated carbocycles. The lowest BCUT2D eigenvalue weighted by molar-refractivity contribution is 0.0660. The SMILES string of the molecule is C=CCc1ccccc1OCC(O)CN1CCN(c2ccccn2)CC1. The molecular weight excluding hydrogens is 326 g/mol. The van der Waals surface area contributed by atoms with Crippen molar-refractivity contribution in [2.45, 2.75) is 12.5 Å². The summed E-state index contributed by atoms with van der Waals surface area (Å²) in [5.41, 5.74) is 1.10. The number of aliphatic hydroxyl groups is 1. The van der Waals surface area contributed by atoms with Crippen molar-refractivity contribution in [3.63, 3.8) is 0 Å². The third-order valence-electron chi connectivity index (χ3n) is 4.58. The van der Waals surface area contributed by atoms with Gasteiger partial charge in [0.1, 0.15) is 24.3 Å². The average molecular weight is 353 g/mol. The van der Waals surface area contributed by atoms with E-state index in [0.717, 1.165) is 49.7 Å². The van der Waals surface area contributed by atoms with Gasteiger partial charge in [0.05, 0.1) is 0 Å². The van der Waals surface area contributed by atoms with Crippen LogP contribution in [0.2, 0.25) is 0 Å². The molecule has 1 aliphatic rings. The highest BCUT2D eigenvalue weighted by Gasteiger charge is 2.20. The molecule has 0 radical (unpaired) electrons. The number of aliphatic hydroxyl groups excluding tert-OH is 1. The Morgan fingerprint density at radius 2 is 1.88 bits per heavy atom. The number of para-hydroxylation sites is 1. The Kier molecular flexibility index (Phi) is 6.63. The molecule has 2 heterocycles. The van der Waals surface area contributed by atoms with Crippen LogP contribution in [0.15, 0.2) is 61.3 Å². The van der Waals surface area contributed by atoms with Crippen molar-refractivity contribution in [2.24, 2.45) is 0 Å². The number of allylic oxidation sites excluding steroid dienone is 1. The lowest BCUT2D eigenvalue weighted by atomic mass is 10.1. The summed E-state index contributed by atoms with van der Waals surface area (Å²) >= 11 is 0. The van der Waals surface area contributed by atoms with Crippen molar-refractivity contribution >= 4 is 5.82 Å². The maximum atomic E-state index is 10.4. The third kappa shape index (κ3) is 5.07. The van der Waals surface area contributed by atoms with Crippen LogP contribution in [-0.2, 0) is 6.42 Å². The van der Waals surface area contributed by atoms with Crippen molar-refractivity contribution in [2.75, 3.05) is 44.2 Å². The van der Waals surface area contributed by atoms with Gasteiger partial charge in [-0.15, -0.1) is 6.58 Å². The van der Waals surface area contributed by atoms with E-state index >= 15 is 0 Å². The summed E-state index contributed by atoms with van der Waals surface area (Å²) in [5.74, 6) is 1.85. The molecule has 1 unspecified atom stereocenters. The van der Waals surface area contributed by atoms with Crippen molar-refractivity contribution < 1.29 is 9.84 Å². The second kappa shape index (κ2) is 9.36. The summed E-state index contributed by atoms with van der Waals surface area (Å²) in [4.78, 5) is 8.97. The molecule has 1 aromatic carbocycles. The molecule has 0 spiro atoms. The van der Waals surface area contributed by atoms with E-state index in [2.05, 4.69) is 21.4 Å². The quantitative estimate of drug-likeness (QED) is 0.739. The largest absolute Gasteiger partial charge is 0.491 e. The summed E-state index contributed by atoms with van der Waals surface area (Å²) in [6.07, 6.45) is 3.95. The highest BCUT2D eigenvalue weighted by Crippen LogP contribution is 2.19. The van der Waals surface area contributed by atoms with E-state index in [0.29, 0.717) is 13.2 Å². The summed E-state index contributed by atoms with van der Waals surface area (Å²) in [5, 5.41) is 10.4. The number of hydrogen-bond acceptors (Lipinski definition) is 5. The second-order valence-electron chi connectivity index (χ2n) is 6.54. The van der Waals surface area contributed by atoms with Crippen molar-refractivity contribution in [1.29, 1.82) is 0 Å². The molecule has 0 bridgehead atoms. The molecule has 1 saturated heterocycles. The van der Waals surface area contributed by atoms with Gasteiger partial charge in [0, 0.05) is 38.9 Å². The highest BCUT2D eigenvalue weighted by atomic mass is 16.5. The molecule has 2 aromatic rings. The minimum atomic E-state index is -0.506. The molecule has 1 N–H and O–H groups in total. The number of β-amino-alcohol motifs (C(OH)–C–C–N with tert-alkyl or cyclic N) is 1. The van der Waals surface area contributed by atoms with E-state index in [9.17, 15) is 5.11 Å². The molecule has 5 nitrogen and oxygen atoms in total. The monoisotopic (exact) mass is 353 g/mol. The van der Waals surface area contributed by atoms with Crippen LogP contribution in [0.4, 0.5) is 5.82 Å². The predicted octanol–water partition coefficient (Wildman–Crippen LogP) is 2.37. The van der Waals surface area contributed by atoms with Crippen LogP contribution in [0.1, 0.15) is 5.56 Å². The number of anilines is 1. The van der Waals surface area contributed by atoms with Gasteiger partial charge in [0.2, 0.25) is 0 Å². The lowest BCUT2D eigenvalue weighted by Gasteiger charge is -2.36. The smallest absolute Gasteiger partial charge is 0.128 e. The van der Waals surface area contributed by atoms with Crippen molar-refractivity contribution in [3.8, 4) is 5.75 Å². The maximum Gasteiger partial charge on any atom is 0.128 e. The van der Waals surface area contributed by atoms with Crippen molar-refractivity contribution in [3.05, 3.63) is 66.9 Å². The fourth-order valence-corrected chi connectivity index (χ4v) is 3.21. The van der Waals surface area contributed by atoms with Crippen molar-refractivity contribution in [1.82, 2.24) is 9.88 Å². The van der Waals surface area contributed by atoms with E-state index in [-0.39, 0.29) is 0 Å². The fraction of sp³-hybridized carbons (Fsp3) is 0.381. The first-order valence-corrected chi connectivity index (χ1v) is 9.14. The van der Waals surface area contributed by atoms with Gasteiger partial charge in [-0.25, -0.2) is 4.98 Å². The average Bonchev–Trinajstić information content (AvgIpc) is 2.69. The molecule has 0 aliphatic carbocycles. The third-order valence-corrected chi connectivity index (χ3v) is 4.58. The van der Waals surface area contributed by atoms with E-state index in [1.807, 2.05) is 54.7 Å². The van der Waals surface area contributed by atoms with Gasteiger partial charge in [0.25, 0.3) is 0 Å². The number of nitrogens with zero attached hydrogens (tertiary/aromatic N) is 3. The molecule has 1 aromatic heterocycles. The number of rotatable bonds is 8. The zero-order valence-electron chi connectivity index (χ0n) is 15.1. The maximum absolute atomic E-state index is 10.4. The van der Waals surface area contributed by atoms with E-state index in [4.69, 9.17) is 4.74 Å². The van der Waals surface area contributed by atoms with Gasteiger partial charge in [-0.1, -0.05) is 30.3 Å². The van der Waals surface area contributed by atoms with E-state index in [1.54, 1.807) is 0 Å². The molecule has 1 atom stereocenters. The van der Waals surface area contributed by atoms with Gasteiger partial charge in [-0.3, -0.25) is 4.90 Å². The Labute approximate surface area is 155 Å². The van der Waals surface area contributed by atoms with E-state index in [1.165, 1.54) is 0 Å². The minimum Gasteiger partial charge on any atom is -0.491 e. The Balaban J connectivity index is 1.43. The molecule has 3 rings (SSSR count). The topological polar surface area (TPSA) is 48.8 Å². The van der Waals surface area contributed by atoms with Gasteiger partial charge < -0.3 is 14.7 Å². The van der Waals surface area contributed by atoms with Gasteiger partial charge >= 0.3 is 0 Å². The predicted molar refractivity (Wildman–Crippen MR) is 105 cm³/mol. The summed E-state index contributed by atoms with van der Waals surface area (Å²) < 4.78 is 5.84. The molecule has 1 fully saturated rings. The normalized spacial score (nSPS) is 16.3. The zero-order chi connectivity index (χ0) is 18.2. The first kappa shape index (κ1) is 18.4. The summed E-state index contributed by atoms with van der Waals surface area (Å²) in [6.45, 7) is 8.38. The molecule has 1 aliphatic heterocycles. The number of piperazine rings is 1. The Morgan fingerprint density at radius 3 is 2.62 bits per heavy atom.